The van der Waals surface area contributed by atoms with Crippen molar-refractivity contribution in [2.24, 2.45) is 0 Å². The van der Waals surface area contributed by atoms with E-state index in [0.717, 1.165) is 66.6 Å². The maximum Gasteiger partial charge on any atom is 0.145 e. The van der Waals surface area contributed by atoms with Crippen molar-refractivity contribution in [2.75, 3.05) is 0 Å². The summed E-state index contributed by atoms with van der Waals surface area (Å²) in [7, 11) is 0. The van der Waals surface area contributed by atoms with Crippen LogP contribution in [-0.4, -0.2) is 19.5 Å². The van der Waals surface area contributed by atoms with Crippen LogP contribution in [0, 0.1) is 0 Å². The van der Waals surface area contributed by atoms with Gasteiger partial charge in [0.15, 0.2) is 0 Å². The summed E-state index contributed by atoms with van der Waals surface area (Å²) >= 11 is 0. The second-order valence-electron chi connectivity index (χ2n) is 12.0. The van der Waals surface area contributed by atoms with Gasteiger partial charge in [0, 0.05) is 55.3 Å². The molecule has 3 heterocycles. The molecule has 3 aromatic heterocycles. The molecule has 0 aliphatic heterocycles. The lowest BCUT2D eigenvalue weighted by Crippen LogP contribution is -1.97. The Morgan fingerprint density at radius 2 is 1.00 bits per heavy atom. The number of rotatable bonds is 3. The Bertz CT molecular complexity index is 2830. The van der Waals surface area contributed by atoms with E-state index in [9.17, 15) is 0 Å². The van der Waals surface area contributed by atoms with Gasteiger partial charge in [-0.25, -0.2) is 9.97 Å². The first-order valence-electron chi connectivity index (χ1n) is 15.9. The smallest absolute Gasteiger partial charge is 0.145 e. The van der Waals surface area contributed by atoms with Crippen molar-refractivity contribution >= 4 is 65.2 Å². The molecule has 10 rings (SSSR count). The zero-order valence-electron chi connectivity index (χ0n) is 25.3. The first kappa shape index (κ1) is 25.9. The van der Waals surface area contributed by atoms with Crippen LogP contribution in [0.4, 0.5) is 0 Å². The fourth-order valence-corrected chi connectivity index (χ4v) is 7.34. The van der Waals surface area contributed by atoms with Crippen LogP contribution >= 0.6 is 0 Å². The van der Waals surface area contributed by atoms with Crippen LogP contribution in [0.15, 0.2) is 158 Å². The topological polar surface area (TPSA) is 43.6 Å². The molecule has 0 fully saturated rings. The molecule has 7 aromatic carbocycles. The summed E-state index contributed by atoms with van der Waals surface area (Å²) < 4.78 is 2.24. The van der Waals surface area contributed by atoms with E-state index in [0.29, 0.717) is 0 Å². The minimum atomic E-state index is 0.918. The number of nitrogens with zero attached hydrogens (tertiary/aromatic N) is 4. The second-order valence-corrected chi connectivity index (χ2v) is 12.0. The molecule has 0 N–H and O–H groups in total. The zero-order valence-corrected chi connectivity index (χ0v) is 25.3. The van der Waals surface area contributed by atoms with Gasteiger partial charge < -0.3 is 0 Å². The number of imidazole rings is 1. The highest BCUT2D eigenvalue weighted by atomic mass is 15.1. The first-order valence-corrected chi connectivity index (χ1v) is 15.9. The van der Waals surface area contributed by atoms with Crippen LogP contribution in [0.25, 0.3) is 93.5 Å². The summed E-state index contributed by atoms with van der Waals surface area (Å²) in [6.07, 6.45) is 1.89. The molecule has 0 saturated heterocycles. The molecule has 0 amide bonds. The van der Waals surface area contributed by atoms with Gasteiger partial charge >= 0.3 is 0 Å². The minimum absolute atomic E-state index is 0.918. The van der Waals surface area contributed by atoms with Crippen molar-refractivity contribution in [1.82, 2.24) is 19.5 Å². The van der Waals surface area contributed by atoms with Crippen LogP contribution < -0.4 is 0 Å². The fraction of sp³-hybridized carbons (Fsp3) is 0. The molecule has 0 aliphatic rings. The van der Waals surface area contributed by atoms with E-state index in [2.05, 4.69) is 138 Å². The molecular formula is C43H26N4. The van der Waals surface area contributed by atoms with Gasteiger partial charge in [0.25, 0.3) is 0 Å². The van der Waals surface area contributed by atoms with E-state index in [4.69, 9.17) is 15.0 Å². The van der Waals surface area contributed by atoms with Crippen LogP contribution in [-0.2, 0) is 0 Å². The summed E-state index contributed by atoms with van der Waals surface area (Å²) in [5.74, 6) is 0.918. The van der Waals surface area contributed by atoms with Crippen molar-refractivity contribution < 1.29 is 0 Å². The van der Waals surface area contributed by atoms with Crippen molar-refractivity contribution in [2.45, 2.75) is 0 Å². The largest absolute Gasteiger partial charge is 0.292 e. The minimum Gasteiger partial charge on any atom is -0.292 e. The lowest BCUT2D eigenvalue weighted by atomic mass is 9.90. The van der Waals surface area contributed by atoms with Crippen LogP contribution in [0.2, 0.25) is 0 Å². The Morgan fingerprint density at radius 3 is 1.77 bits per heavy atom. The number of hydrogen-bond acceptors (Lipinski definition) is 3. The summed E-state index contributed by atoms with van der Waals surface area (Å²) in [5.41, 5.74) is 8.25. The molecule has 0 atom stereocenters. The predicted molar refractivity (Wildman–Crippen MR) is 195 cm³/mol. The van der Waals surface area contributed by atoms with E-state index >= 15 is 0 Å². The van der Waals surface area contributed by atoms with Gasteiger partial charge in [0.2, 0.25) is 0 Å². The second kappa shape index (κ2) is 10.1. The molecule has 218 valence electrons. The lowest BCUT2D eigenvalue weighted by molar-refractivity contribution is 1.10. The van der Waals surface area contributed by atoms with Crippen LogP contribution in [0.5, 0.6) is 0 Å². The Labute approximate surface area is 270 Å². The highest BCUT2D eigenvalue weighted by Gasteiger charge is 2.18. The third-order valence-corrected chi connectivity index (χ3v) is 9.41. The lowest BCUT2D eigenvalue weighted by Gasteiger charge is -2.16. The van der Waals surface area contributed by atoms with Gasteiger partial charge in [-0.05, 0) is 53.2 Å². The molecule has 47 heavy (non-hydrogen) atoms. The summed E-state index contributed by atoms with van der Waals surface area (Å²) in [4.78, 5) is 15.3. The number of para-hydroxylation sites is 3. The summed E-state index contributed by atoms with van der Waals surface area (Å²) in [5, 5.41) is 9.47. The van der Waals surface area contributed by atoms with Gasteiger partial charge in [0.05, 0.1) is 27.8 Å². The molecule has 0 aliphatic carbocycles. The number of hydrogen-bond donors (Lipinski definition) is 0. The standard InChI is InChI=1S/C43H26N4/c1-2-11-29(12-3-1)47-38-19-9-8-18-37(38)46-43(47)28-22-20-27(21-23-28)36-25-24-35-40-30-13-4-6-15-32(30)41-34(17-10-26-44-41)39(40)31-14-5-7-16-33(31)42(35)45-36/h1-26H. The first-order chi connectivity index (χ1) is 23.3. The van der Waals surface area contributed by atoms with Crippen molar-refractivity contribution in [1.29, 1.82) is 0 Å². The maximum absolute atomic E-state index is 5.38. The third-order valence-electron chi connectivity index (χ3n) is 9.41. The Balaban J connectivity index is 1.18. The van der Waals surface area contributed by atoms with Gasteiger partial charge in [-0.3, -0.25) is 9.55 Å². The van der Waals surface area contributed by atoms with Gasteiger partial charge in [-0.15, -0.1) is 0 Å². The molecule has 4 nitrogen and oxygen atoms in total. The van der Waals surface area contributed by atoms with Crippen LogP contribution in [0.1, 0.15) is 0 Å². The van der Waals surface area contributed by atoms with E-state index in [1.807, 2.05) is 24.4 Å². The Morgan fingerprint density at radius 1 is 0.404 bits per heavy atom. The SMILES string of the molecule is c1ccc(-n2c(-c3ccc(-c4ccc5c(n4)c4ccccc4c4c6cccnc6c6ccccc6c54)cc3)nc3ccccc32)cc1. The number of aromatic nitrogens is 4. The monoisotopic (exact) mass is 598 g/mol. The maximum atomic E-state index is 5.38. The molecule has 0 bridgehead atoms. The van der Waals surface area contributed by atoms with E-state index in [1.54, 1.807) is 0 Å². The number of fused-ring (bicyclic) bond motifs is 12. The van der Waals surface area contributed by atoms with E-state index in [-0.39, 0.29) is 0 Å². The Hall–Kier alpha value is -6.39. The predicted octanol–water partition coefficient (Wildman–Crippen LogP) is 10.9. The molecular weight excluding hydrogens is 573 g/mol. The molecule has 0 radical (unpaired) electrons. The van der Waals surface area contributed by atoms with Gasteiger partial charge in [-0.2, -0.15) is 0 Å². The Kier molecular flexibility index (Phi) is 5.54. The van der Waals surface area contributed by atoms with E-state index < -0.39 is 0 Å². The summed E-state index contributed by atoms with van der Waals surface area (Å²) in [6, 6.07) is 53.3. The van der Waals surface area contributed by atoms with Crippen LogP contribution in [0.3, 0.4) is 0 Å². The summed E-state index contributed by atoms with van der Waals surface area (Å²) in [6.45, 7) is 0. The molecule has 10 aromatic rings. The molecule has 0 saturated carbocycles. The van der Waals surface area contributed by atoms with Gasteiger partial charge in [-0.1, -0.05) is 109 Å². The quantitative estimate of drug-likeness (QED) is 0.190. The molecule has 0 spiro atoms. The highest BCUT2D eigenvalue weighted by Crippen LogP contribution is 2.43. The van der Waals surface area contributed by atoms with Crippen molar-refractivity contribution in [3.8, 4) is 28.3 Å². The average Bonchev–Trinajstić information content (AvgIpc) is 3.55. The number of pyridine rings is 2. The van der Waals surface area contributed by atoms with Crippen molar-refractivity contribution in [3.63, 3.8) is 0 Å². The van der Waals surface area contributed by atoms with E-state index in [1.165, 1.54) is 26.9 Å². The highest BCUT2D eigenvalue weighted by molar-refractivity contribution is 6.38. The van der Waals surface area contributed by atoms with Gasteiger partial charge in [0.1, 0.15) is 5.82 Å². The third kappa shape index (κ3) is 3.85. The average molecular weight is 599 g/mol. The molecule has 4 heteroatoms. The van der Waals surface area contributed by atoms with Crippen molar-refractivity contribution in [3.05, 3.63) is 158 Å². The number of benzene rings is 7. The normalized spacial score (nSPS) is 11.8. The zero-order chi connectivity index (χ0) is 30.9. The fourth-order valence-electron chi connectivity index (χ4n) is 7.34. The molecule has 0 unspecified atom stereocenters.